The third-order valence-corrected chi connectivity index (χ3v) is 3.92. The Morgan fingerprint density at radius 2 is 1.77 bits per heavy atom. The van der Waals surface area contributed by atoms with Crippen molar-refractivity contribution in [3.05, 3.63) is 52.4 Å². The molecule has 0 atom stereocenters. The molecule has 0 unspecified atom stereocenters. The summed E-state index contributed by atoms with van der Waals surface area (Å²) in [6, 6.07) is 7.84. The molecule has 22 heavy (non-hydrogen) atoms. The van der Waals surface area contributed by atoms with Crippen LogP contribution in [0.15, 0.2) is 28.8 Å². The summed E-state index contributed by atoms with van der Waals surface area (Å²) in [5.74, 6) is 0.765. The molecular weight excluding hydrogens is 276 g/mol. The smallest absolute Gasteiger partial charge is 0.253 e. The fourth-order valence-corrected chi connectivity index (χ4v) is 2.37. The largest absolute Gasteiger partial charge is 0.361 e. The quantitative estimate of drug-likeness (QED) is 0.864. The van der Waals surface area contributed by atoms with Gasteiger partial charge in [0.2, 0.25) is 0 Å². The summed E-state index contributed by atoms with van der Waals surface area (Å²) in [6.07, 6.45) is 0. The van der Waals surface area contributed by atoms with Crippen molar-refractivity contribution in [2.24, 2.45) is 0 Å². The lowest BCUT2D eigenvalue weighted by molar-refractivity contribution is 0.0784. The second-order valence-electron chi connectivity index (χ2n) is 6.79. The van der Waals surface area contributed by atoms with Crippen LogP contribution in [0.25, 0.3) is 0 Å². The van der Waals surface area contributed by atoms with Gasteiger partial charge >= 0.3 is 0 Å². The van der Waals surface area contributed by atoms with Gasteiger partial charge in [0.25, 0.3) is 5.91 Å². The molecule has 0 fully saturated rings. The van der Waals surface area contributed by atoms with Crippen LogP contribution < -0.4 is 0 Å². The molecule has 2 aromatic rings. The minimum atomic E-state index is 0.000425. The average molecular weight is 300 g/mol. The molecule has 1 aromatic heterocycles. The summed E-state index contributed by atoms with van der Waals surface area (Å²) in [7, 11) is 1.80. The number of amides is 1. The topological polar surface area (TPSA) is 46.3 Å². The Labute approximate surface area is 132 Å². The number of carbonyl (C=O) groups excluding carboxylic acids is 1. The maximum atomic E-state index is 12.5. The van der Waals surface area contributed by atoms with Crippen molar-refractivity contribution >= 4 is 5.91 Å². The van der Waals surface area contributed by atoms with Crippen LogP contribution in [0.3, 0.4) is 0 Å². The summed E-state index contributed by atoms with van der Waals surface area (Å²) in [6.45, 7) is 10.7. The highest BCUT2D eigenvalue weighted by Crippen LogP contribution is 2.23. The molecule has 4 heteroatoms. The predicted octanol–water partition coefficient (Wildman–Crippen LogP) is 3.86. The molecule has 2 rings (SSSR count). The van der Waals surface area contributed by atoms with Crippen LogP contribution in [0.2, 0.25) is 0 Å². The molecule has 0 aliphatic rings. The molecule has 0 saturated heterocycles. The summed E-state index contributed by atoms with van der Waals surface area (Å²) in [5.41, 5.74) is 3.81. The molecule has 0 aliphatic carbocycles. The monoisotopic (exact) mass is 300 g/mol. The molecule has 0 radical (unpaired) electrons. The summed E-state index contributed by atoms with van der Waals surface area (Å²) >= 11 is 0. The first-order valence-electron chi connectivity index (χ1n) is 7.48. The molecule has 1 amide bonds. The van der Waals surface area contributed by atoms with Crippen LogP contribution in [-0.2, 0) is 12.0 Å². The van der Waals surface area contributed by atoms with Gasteiger partial charge < -0.3 is 9.42 Å². The number of hydrogen-bond donors (Lipinski definition) is 0. The van der Waals surface area contributed by atoms with E-state index in [4.69, 9.17) is 4.52 Å². The zero-order valence-electron chi connectivity index (χ0n) is 14.2. The lowest BCUT2D eigenvalue weighted by Crippen LogP contribution is -2.26. The van der Waals surface area contributed by atoms with E-state index in [1.807, 2.05) is 38.1 Å². The van der Waals surface area contributed by atoms with Gasteiger partial charge in [-0.15, -0.1) is 0 Å². The van der Waals surface area contributed by atoms with E-state index < -0.39 is 0 Å². The molecular formula is C18H24N2O2. The van der Waals surface area contributed by atoms with Gasteiger partial charge in [0.05, 0.1) is 12.2 Å². The maximum Gasteiger partial charge on any atom is 0.253 e. The third kappa shape index (κ3) is 3.38. The van der Waals surface area contributed by atoms with E-state index in [-0.39, 0.29) is 11.3 Å². The number of aryl methyl sites for hydroxylation is 2. The Morgan fingerprint density at radius 1 is 1.18 bits per heavy atom. The highest BCUT2D eigenvalue weighted by molar-refractivity contribution is 5.94. The molecule has 4 nitrogen and oxygen atoms in total. The zero-order valence-corrected chi connectivity index (χ0v) is 14.2. The van der Waals surface area contributed by atoms with Gasteiger partial charge in [-0.25, -0.2) is 0 Å². The number of rotatable bonds is 3. The molecule has 118 valence electrons. The van der Waals surface area contributed by atoms with Gasteiger partial charge in [-0.2, -0.15) is 0 Å². The second-order valence-corrected chi connectivity index (χ2v) is 6.79. The van der Waals surface area contributed by atoms with Gasteiger partial charge in [-0.1, -0.05) is 38.1 Å². The maximum absolute atomic E-state index is 12.5. The van der Waals surface area contributed by atoms with Crippen LogP contribution in [0, 0.1) is 13.8 Å². The van der Waals surface area contributed by atoms with E-state index in [1.165, 1.54) is 5.56 Å². The Kier molecular flexibility index (Phi) is 4.40. The van der Waals surface area contributed by atoms with E-state index in [2.05, 4.69) is 25.9 Å². The first-order chi connectivity index (χ1) is 10.2. The molecule has 0 aliphatic heterocycles. The molecule has 0 bridgehead atoms. The van der Waals surface area contributed by atoms with Gasteiger partial charge in [0.15, 0.2) is 0 Å². The predicted molar refractivity (Wildman–Crippen MR) is 86.9 cm³/mol. The first kappa shape index (κ1) is 16.3. The highest BCUT2D eigenvalue weighted by atomic mass is 16.5. The van der Waals surface area contributed by atoms with Crippen LogP contribution in [-0.4, -0.2) is 23.0 Å². The van der Waals surface area contributed by atoms with Gasteiger partial charge in [-0.3, -0.25) is 4.79 Å². The highest BCUT2D eigenvalue weighted by Gasteiger charge is 2.18. The van der Waals surface area contributed by atoms with Crippen LogP contribution in [0.1, 0.15) is 53.7 Å². The van der Waals surface area contributed by atoms with E-state index in [0.717, 1.165) is 17.0 Å². The third-order valence-electron chi connectivity index (χ3n) is 3.92. The van der Waals surface area contributed by atoms with Crippen molar-refractivity contribution in [3.8, 4) is 0 Å². The van der Waals surface area contributed by atoms with Gasteiger partial charge in [-0.05, 0) is 37.0 Å². The molecule has 1 aromatic carbocycles. The van der Waals surface area contributed by atoms with Crippen LogP contribution >= 0.6 is 0 Å². The van der Waals surface area contributed by atoms with E-state index in [9.17, 15) is 4.79 Å². The van der Waals surface area contributed by atoms with Gasteiger partial charge in [0, 0.05) is 18.2 Å². The summed E-state index contributed by atoms with van der Waals surface area (Å²) in [4.78, 5) is 14.2. The van der Waals surface area contributed by atoms with Crippen LogP contribution in [0.4, 0.5) is 0 Å². The Morgan fingerprint density at radius 3 is 2.23 bits per heavy atom. The van der Waals surface area contributed by atoms with Crippen molar-refractivity contribution in [2.75, 3.05) is 7.05 Å². The number of carbonyl (C=O) groups is 1. The minimum absolute atomic E-state index is 0.000425. The first-order valence-corrected chi connectivity index (χ1v) is 7.48. The van der Waals surface area contributed by atoms with Gasteiger partial charge in [0.1, 0.15) is 5.76 Å². The Bertz CT molecular complexity index is 644. The van der Waals surface area contributed by atoms with Crippen molar-refractivity contribution in [1.29, 1.82) is 0 Å². The van der Waals surface area contributed by atoms with E-state index >= 15 is 0 Å². The van der Waals surface area contributed by atoms with Crippen molar-refractivity contribution in [2.45, 2.75) is 46.6 Å². The summed E-state index contributed by atoms with van der Waals surface area (Å²) in [5, 5.41) is 3.93. The Hall–Kier alpha value is -2.10. The molecule has 0 saturated carbocycles. The lowest BCUT2D eigenvalue weighted by atomic mass is 9.86. The van der Waals surface area contributed by atoms with Crippen LogP contribution in [0.5, 0.6) is 0 Å². The number of nitrogens with zero attached hydrogens (tertiary/aromatic N) is 2. The number of benzene rings is 1. The summed E-state index contributed by atoms with van der Waals surface area (Å²) < 4.78 is 5.15. The van der Waals surface area contributed by atoms with E-state index in [1.54, 1.807) is 11.9 Å². The second kappa shape index (κ2) is 5.95. The standard InChI is InChI=1S/C18H24N2O2/c1-12-16(13(2)22-19-12)11-20(6)17(21)14-7-9-15(10-8-14)18(3,4)5/h7-10H,11H2,1-6H3. The van der Waals surface area contributed by atoms with E-state index in [0.29, 0.717) is 12.1 Å². The number of hydrogen-bond acceptors (Lipinski definition) is 3. The fourth-order valence-electron chi connectivity index (χ4n) is 2.37. The molecule has 1 heterocycles. The molecule has 0 N–H and O–H groups in total. The van der Waals surface area contributed by atoms with Crippen molar-refractivity contribution < 1.29 is 9.32 Å². The van der Waals surface area contributed by atoms with Crippen molar-refractivity contribution in [1.82, 2.24) is 10.1 Å². The zero-order chi connectivity index (χ0) is 16.5. The van der Waals surface area contributed by atoms with Crippen molar-refractivity contribution in [3.63, 3.8) is 0 Å². The lowest BCUT2D eigenvalue weighted by Gasteiger charge is -2.20. The molecule has 0 spiro atoms. The Balaban J connectivity index is 2.14. The minimum Gasteiger partial charge on any atom is -0.361 e. The SMILES string of the molecule is Cc1noc(C)c1CN(C)C(=O)c1ccc(C(C)(C)C)cc1. The average Bonchev–Trinajstić information content (AvgIpc) is 2.77. The number of aromatic nitrogens is 1. The normalized spacial score (nSPS) is 11.5. The fraction of sp³-hybridized carbons (Fsp3) is 0.444.